The number of benzene rings is 2. The summed E-state index contributed by atoms with van der Waals surface area (Å²) in [6, 6.07) is 16.0. The summed E-state index contributed by atoms with van der Waals surface area (Å²) in [5, 5.41) is 2.71. The van der Waals surface area contributed by atoms with Gasteiger partial charge in [0, 0.05) is 39.1 Å². The lowest BCUT2D eigenvalue weighted by Gasteiger charge is -2.33. The van der Waals surface area contributed by atoms with E-state index in [9.17, 15) is 19.2 Å². The van der Waals surface area contributed by atoms with Crippen molar-refractivity contribution in [1.82, 2.24) is 20.0 Å². The smallest absolute Gasteiger partial charge is 0.411 e. The van der Waals surface area contributed by atoms with Gasteiger partial charge in [-0.15, -0.1) is 0 Å². The van der Waals surface area contributed by atoms with Gasteiger partial charge in [-0.1, -0.05) is 48.5 Å². The van der Waals surface area contributed by atoms with Gasteiger partial charge in [0.05, 0.1) is 6.54 Å². The number of carbonyl (C=O) groups excluding carboxylic acids is 4. The number of rotatable bonds is 9. The van der Waals surface area contributed by atoms with E-state index in [4.69, 9.17) is 4.74 Å². The quantitative estimate of drug-likeness (QED) is 0.478. The minimum atomic E-state index is -0.703. The first-order valence-corrected chi connectivity index (χ1v) is 14.9. The number of piperidine rings is 1. The maximum Gasteiger partial charge on any atom is 0.411 e. The Labute approximate surface area is 249 Å². The number of nitrogens with zero attached hydrogens (tertiary/aromatic N) is 3. The van der Waals surface area contributed by atoms with Crippen molar-refractivity contribution < 1.29 is 23.9 Å². The van der Waals surface area contributed by atoms with Gasteiger partial charge in [-0.2, -0.15) is 0 Å². The second-order valence-electron chi connectivity index (χ2n) is 12.3. The predicted octanol–water partition coefficient (Wildman–Crippen LogP) is 4.38. The summed E-state index contributed by atoms with van der Waals surface area (Å²) >= 11 is 0. The molecular weight excluding hydrogens is 532 g/mol. The van der Waals surface area contributed by atoms with Crippen LogP contribution in [0.1, 0.15) is 74.6 Å². The van der Waals surface area contributed by atoms with Crippen molar-refractivity contribution in [2.24, 2.45) is 0 Å². The molecule has 2 heterocycles. The lowest BCUT2D eigenvalue weighted by molar-refractivity contribution is -0.134. The van der Waals surface area contributed by atoms with Crippen LogP contribution in [0.4, 0.5) is 4.79 Å². The van der Waals surface area contributed by atoms with Gasteiger partial charge in [-0.05, 0) is 75.1 Å². The Balaban J connectivity index is 1.29. The first kappa shape index (κ1) is 31.1. The highest BCUT2D eigenvalue weighted by Crippen LogP contribution is 2.31. The lowest BCUT2D eigenvalue weighted by Crippen LogP contribution is -2.47. The van der Waals surface area contributed by atoms with E-state index in [1.54, 1.807) is 25.7 Å². The van der Waals surface area contributed by atoms with E-state index in [1.165, 1.54) is 16.0 Å². The van der Waals surface area contributed by atoms with Crippen LogP contribution in [0.2, 0.25) is 0 Å². The van der Waals surface area contributed by atoms with Crippen LogP contribution >= 0.6 is 0 Å². The average Bonchev–Trinajstić information content (AvgIpc) is 3.36. The molecule has 1 N–H and O–H groups in total. The summed E-state index contributed by atoms with van der Waals surface area (Å²) in [5.41, 5.74) is 3.67. The van der Waals surface area contributed by atoms with Crippen LogP contribution in [0.3, 0.4) is 0 Å². The molecule has 0 unspecified atom stereocenters. The Morgan fingerprint density at radius 2 is 1.64 bits per heavy atom. The van der Waals surface area contributed by atoms with Gasteiger partial charge < -0.3 is 19.9 Å². The molecule has 0 aromatic heterocycles. The molecule has 2 fully saturated rings. The van der Waals surface area contributed by atoms with Crippen LogP contribution in [0.25, 0.3) is 0 Å². The molecule has 9 heteroatoms. The third-order valence-electron chi connectivity index (χ3n) is 7.92. The fourth-order valence-electron chi connectivity index (χ4n) is 5.61. The molecule has 2 saturated heterocycles. The van der Waals surface area contributed by atoms with Gasteiger partial charge in [0.15, 0.2) is 0 Å². The zero-order valence-electron chi connectivity index (χ0n) is 25.4. The molecule has 2 aromatic rings. The van der Waals surface area contributed by atoms with Crippen molar-refractivity contribution in [3.05, 3.63) is 70.8 Å². The monoisotopic (exact) mass is 576 g/mol. The molecular formula is C33H44N4O5. The molecule has 2 aromatic carbocycles. The van der Waals surface area contributed by atoms with Crippen molar-refractivity contribution in [1.29, 1.82) is 0 Å². The highest BCUT2D eigenvalue weighted by atomic mass is 16.6. The van der Waals surface area contributed by atoms with E-state index in [0.29, 0.717) is 32.0 Å². The van der Waals surface area contributed by atoms with Crippen molar-refractivity contribution in [3.63, 3.8) is 0 Å². The summed E-state index contributed by atoms with van der Waals surface area (Å²) < 4.78 is 5.54. The molecule has 42 heavy (non-hydrogen) atoms. The Bertz CT molecular complexity index is 1280. The highest BCUT2D eigenvalue weighted by Gasteiger charge is 2.28. The molecule has 2 aliphatic rings. The van der Waals surface area contributed by atoms with E-state index < -0.39 is 17.6 Å². The minimum Gasteiger partial charge on any atom is -0.444 e. The third kappa shape index (κ3) is 8.57. The molecule has 9 nitrogen and oxygen atoms in total. The fraction of sp³-hybridized carbons (Fsp3) is 0.515. The molecule has 0 atom stereocenters. The summed E-state index contributed by atoms with van der Waals surface area (Å²) in [6.07, 6.45) is 2.62. The number of hydrogen-bond acceptors (Lipinski definition) is 5. The number of hydrogen-bond donors (Lipinski definition) is 1. The zero-order valence-corrected chi connectivity index (χ0v) is 25.4. The number of nitrogens with one attached hydrogen (secondary N) is 1. The van der Waals surface area contributed by atoms with Crippen molar-refractivity contribution in [2.75, 3.05) is 32.7 Å². The van der Waals surface area contributed by atoms with Crippen LogP contribution in [0.15, 0.2) is 48.5 Å². The van der Waals surface area contributed by atoms with Crippen LogP contribution in [-0.4, -0.2) is 76.8 Å². The van der Waals surface area contributed by atoms with Crippen molar-refractivity contribution in [2.45, 2.75) is 78.0 Å². The Kier molecular flexibility index (Phi) is 10.2. The lowest BCUT2D eigenvalue weighted by atomic mass is 9.86. The molecule has 2 aliphatic heterocycles. The molecule has 0 aliphatic carbocycles. The number of amides is 4. The highest BCUT2D eigenvalue weighted by molar-refractivity contribution is 5.87. The SMILES string of the molecule is Cc1ccccc1CN(CC(=O)NCC(=O)N1CCC(c2ccccc2CN2CCCC2=O)CC1)C(=O)OC(C)(C)C. The fourth-order valence-corrected chi connectivity index (χ4v) is 5.61. The summed E-state index contributed by atoms with van der Waals surface area (Å²) in [5.74, 6) is -0.0124. The van der Waals surface area contributed by atoms with Gasteiger partial charge in [-0.3, -0.25) is 19.3 Å². The Hall–Kier alpha value is -3.88. The zero-order chi connectivity index (χ0) is 30.3. The summed E-state index contributed by atoms with van der Waals surface area (Å²) in [7, 11) is 0. The van der Waals surface area contributed by atoms with E-state index in [-0.39, 0.29) is 31.4 Å². The van der Waals surface area contributed by atoms with Crippen LogP contribution < -0.4 is 5.32 Å². The Morgan fingerprint density at radius 3 is 2.29 bits per heavy atom. The Morgan fingerprint density at radius 1 is 0.976 bits per heavy atom. The van der Waals surface area contributed by atoms with E-state index in [0.717, 1.165) is 36.9 Å². The van der Waals surface area contributed by atoms with Gasteiger partial charge in [-0.25, -0.2) is 4.79 Å². The minimum absolute atomic E-state index is 0.121. The van der Waals surface area contributed by atoms with E-state index >= 15 is 0 Å². The van der Waals surface area contributed by atoms with Crippen molar-refractivity contribution >= 4 is 23.8 Å². The summed E-state index contributed by atoms with van der Waals surface area (Å²) in [6.45, 7) is 9.86. The molecule has 0 saturated carbocycles. The molecule has 226 valence electrons. The molecule has 0 radical (unpaired) electrons. The molecule has 4 rings (SSSR count). The summed E-state index contributed by atoms with van der Waals surface area (Å²) in [4.78, 5) is 56.0. The number of carbonyl (C=O) groups is 4. The normalized spacial score (nSPS) is 16.0. The average molecular weight is 577 g/mol. The number of likely N-dealkylation sites (tertiary alicyclic amines) is 2. The largest absolute Gasteiger partial charge is 0.444 e. The molecule has 0 spiro atoms. The van der Waals surface area contributed by atoms with Gasteiger partial charge in [0.25, 0.3) is 0 Å². The molecule has 0 bridgehead atoms. The standard InChI is InChI=1S/C33H44N4O5/c1-24-10-5-6-11-26(24)21-37(32(41)42-33(2,3)4)23-29(38)34-20-31(40)35-18-15-25(16-19-35)28-13-8-7-12-27(28)22-36-17-9-14-30(36)39/h5-8,10-13,25H,9,14-23H2,1-4H3,(H,34,38). The van der Waals surface area contributed by atoms with Crippen LogP contribution in [0.5, 0.6) is 0 Å². The second kappa shape index (κ2) is 13.9. The maximum absolute atomic E-state index is 13.0. The van der Waals surface area contributed by atoms with Crippen molar-refractivity contribution in [3.8, 4) is 0 Å². The van der Waals surface area contributed by atoms with E-state index in [2.05, 4.69) is 17.4 Å². The maximum atomic E-state index is 13.0. The number of aryl methyl sites for hydroxylation is 1. The first-order chi connectivity index (χ1) is 20.0. The topological polar surface area (TPSA) is 99.3 Å². The predicted molar refractivity (Wildman–Crippen MR) is 160 cm³/mol. The van der Waals surface area contributed by atoms with Crippen LogP contribution in [0, 0.1) is 6.92 Å². The van der Waals surface area contributed by atoms with Gasteiger partial charge in [0.1, 0.15) is 12.1 Å². The molecule has 4 amide bonds. The number of ether oxygens (including phenoxy) is 1. The van der Waals surface area contributed by atoms with Gasteiger partial charge in [0.2, 0.25) is 17.7 Å². The van der Waals surface area contributed by atoms with Crippen LogP contribution in [-0.2, 0) is 32.2 Å². The third-order valence-corrected chi connectivity index (χ3v) is 7.92. The van der Waals surface area contributed by atoms with E-state index in [1.807, 2.05) is 48.2 Å². The van der Waals surface area contributed by atoms with Gasteiger partial charge >= 0.3 is 6.09 Å². The second-order valence-corrected chi connectivity index (χ2v) is 12.3. The first-order valence-electron chi connectivity index (χ1n) is 14.9.